The summed E-state index contributed by atoms with van der Waals surface area (Å²) in [5.74, 6) is 0.304. The number of nitrogens with one attached hydrogen (secondary N) is 2. The number of aromatic nitrogens is 2. The van der Waals surface area contributed by atoms with Gasteiger partial charge in [0.25, 0.3) is 5.91 Å². The molecule has 0 saturated carbocycles. The lowest BCUT2D eigenvalue weighted by Gasteiger charge is -2.14. The van der Waals surface area contributed by atoms with E-state index in [-0.39, 0.29) is 5.91 Å². The van der Waals surface area contributed by atoms with Gasteiger partial charge in [-0.15, -0.1) is 0 Å². The number of amides is 1. The van der Waals surface area contributed by atoms with Gasteiger partial charge in [-0.3, -0.25) is 4.79 Å². The number of hydrogen-bond donors (Lipinski definition) is 2. The van der Waals surface area contributed by atoms with Crippen LogP contribution in [-0.4, -0.2) is 22.4 Å². The van der Waals surface area contributed by atoms with Gasteiger partial charge in [0.15, 0.2) is 0 Å². The largest absolute Gasteiger partial charge is 0.351 e. The van der Waals surface area contributed by atoms with Crippen LogP contribution in [0.5, 0.6) is 0 Å². The molecular formula is C20H28N4O. The average molecular weight is 340 g/mol. The Morgan fingerprint density at radius 2 is 1.76 bits per heavy atom. The van der Waals surface area contributed by atoms with Gasteiger partial charge in [0.2, 0.25) is 5.95 Å². The Labute approximate surface area is 150 Å². The van der Waals surface area contributed by atoms with Crippen LogP contribution in [0.3, 0.4) is 0 Å². The maximum absolute atomic E-state index is 12.2. The first kappa shape index (κ1) is 18.9. The Balaban J connectivity index is 2.13. The van der Waals surface area contributed by atoms with E-state index in [9.17, 15) is 4.79 Å². The monoisotopic (exact) mass is 340 g/mol. The third-order valence-corrected chi connectivity index (χ3v) is 4.19. The van der Waals surface area contributed by atoms with Crippen LogP contribution in [0.15, 0.2) is 30.5 Å². The molecule has 25 heavy (non-hydrogen) atoms. The van der Waals surface area contributed by atoms with E-state index in [2.05, 4.69) is 59.6 Å². The van der Waals surface area contributed by atoms with Crippen molar-refractivity contribution in [3.05, 3.63) is 47.3 Å². The molecule has 0 radical (unpaired) electrons. The normalized spacial score (nSPS) is 10.5. The summed E-state index contributed by atoms with van der Waals surface area (Å²) in [5.41, 5.74) is 3.88. The fraction of sp³-hybridized carbons (Fsp3) is 0.450. The second-order valence-corrected chi connectivity index (χ2v) is 6.01. The van der Waals surface area contributed by atoms with E-state index in [1.54, 1.807) is 12.3 Å². The molecule has 0 atom stereocenters. The molecule has 0 unspecified atom stereocenters. The topological polar surface area (TPSA) is 66.9 Å². The summed E-state index contributed by atoms with van der Waals surface area (Å²) in [4.78, 5) is 20.9. The fourth-order valence-corrected chi connectivity index (χ4v) is 2.73. The van der Waals surface area contributed by atoms with Crippen molar-refractivity contribution in [1.82, 2.24) is 15.3 Å². The number of anilines is 2. The summed E-state index contributed by atoms with van der Waals surface area (Å²) < 4.78 is 0. The Hall–Kier alpha value is -2.43. The highest BCUT2D eigenvalue weighted by atomic mass is 16.1. The van der Waals surface area contributed by atoms with Gasteiger partial charge in [-0.2, -0.15) is 0 Å². The van der Waals surface area contributed by atoms with E-state index in [1.807, 2.05) is 0 Å². The molecule has 0 saturated heterocycles. The maximum Gasteiger partial charge on any atom is 0.270 e. The third kappa shape index (κ3) is 5.28. The predicted molar refractivity (Wildman–Crippen MR) is 102 cm³/mol. The molecular weight excluding hydrogens is 312 g/mol. The minimum Gasteiger partial charge on any atom is -0.351 e. The average Bonchev–Trinajstić information content (AvgIpc) is 2.65. The van der Waals surface area contributed by atoms with Crippen molar-refractivity contribution >= 4 is 17.5 Å². The highest BCUT2D eigenvalue weighted by Gasteiger charge is 2.11. The van der Waals surface area contributed by atoms with Crippen LogP contribution >= 0.6 is 0 Å². The zero-order chi connectivity index (χ0) is 18.1. The van der Waals surface area contributed by atoms with Crippen LogP contribution in [-0.2, 0) is 12.8 Å². The molecule has 0 spiro atoms. The Bertz CT molecular complexity index is 678. The molecule has 1 heterocycles. The molecule has 0 aliphatic heterocycles. The van der Waals surface area contributed by atoms with Gasteiger partial charge in [0, 0.05) is 18.4 Å². The molecule has 2 aromatic rings. The molecule has 5 nitrogen and oxygen atoms in total. The van der Waals surface area contributed by atoms with Crippen LogP contribution in [0.1, 0.15) is 61.6 Å². The number of aryl methyl sites for hydroxylation is 2. The fourth-order valence-electron chi connectivity index (χ4n) is 2.73. The highest BCUT2D eigenvalue weighted by Crippen LogP contribution is 2.25. The molecule has 1 aromatic carbocycles. The van der Waals surface area contributed by atoms with Gasteiger partial charge in [-0.25, -0.2) is 9.97 Å². The number of hydrogen-bond acceptors (Lipinski definition) is 4. The molecule has 0 bridgehead atoms. The minimum atomic E-state index is -0.152. The van der Waals surface area contributed by atoms with E-state index in [0.29, 0.717) is 18.2 Å². The Kier molecular flexibility index (Phi) is 7.38. The molecule has 0 aliphatic carbocycles. The van der Waals surface area contributed by atoms with Crippen molar-refractivity contribution in [3.63, 3.8) is 0 Å². The molecule has 5 heteroatoms. The predicted octanol–water partition coefficient (Wildman–Crippen LogP) is 4.27. The maximum atomic E-state index is 12.2. The first-order valence-corrected chi connectivity index (χ1v) is 9.18. The number of benzene rings is 1. The van der Waals surface area contributed by atoms with Crippen molar-refractivity contribution in [2.45, 2.75) is 52.9 Å². The van der Waals surface area contributed by atoms with Crippen LogP contribution < -0.4 is 10.6 Å². The van der Waals surface area contributed by atoms with Gasteiger partial charge >= 0.3 is 0 Å². The molecule has 1 amide bonds. The lowest BCUT2D eigenvalue weighted by molar-refractivity contribution is 0.0948. The summed E-state index contributed by atoms with van der Waals surface area (Å²) in [5, 5.41) is 6.23. The molecule has 0 fully saturated rings. The van der Waals surface area contributed by atoms with Gasteiger partial charge in [-0.05, 0) is 36.5 Å². The zero-order valence-corrected chi connectivity index (χ0v) is 15.4. The van der Waals surface area contributed by atoms with E-state index in [4.69, 9.17) is 0 Å². The van der Waals surface area contributed by atoms with Gasteiger partial charge < -0.3 is 10.6 Å². The van der Waals surface area contributed by atoms with Gasteiger partial charge in [0.05, 0.1) is 0 Å². The Morgan fingerprint density at radius 3 is 2.40 bits per heavy atom. The number of carbonyl (C=O) groups is 1. The summed E-state index contributed by atoms with van der Waals surface area (Å²) in [6, 6.07) is 7.92. The number of carbonyl (C=O) groups excluding carboxylic acids is 1. The molecule has 1 aromatic heterocycles. The van der Waals surface area contributed by atoms with Crippen molar-refractivity contribution in [2.75, 3.05) is 11.9 Å². The minimum absolute atomic E-state index is 0.152. The first-order valence-electron chi connectivity index (χ1n) is 9.18. The second kappa shape index (κ2) is 9.77. The van der Waals surface area contributed by atoms with Crippen LogP contribution in [0.4, 0.5) is 11.6 Å². The standard InChI is InChI=1S/C20H28N4O/c1-4-7-8-13-21-19(25)17-12-14-22-20(23-17)24-18-15(5-2)10-9-11-16(18)6-3/h9-12,14H,4-8,13H2,1-3H3,(H,21,25)(H,22,23,24). The summed E-state index contributed by atoms with van der Waals surface area (Å²) in [6.07, 6.45) is 6.71. The van der Waals surface area contributed by atoms with E-state index in [1.165, 1.54) is 11.1 Å². The second-order valence-electron chi connectivity index (χ2n) is 6.01. The number of nitrogens with zero attached hydrogens (tertiary/aromatic N) is 2. The first-order chi connectivity index (χ1) is 12.2. The lowest BCUT2D eigenvalue weighted by Crippen LogP contribution is -2.25. The van der Waals surface area contributed by atoms with Crippen molar-refractivity contribution in [1.29, 1.82) is 0 Å². The van der Waals surface area contributed by atoms with Crippen molar-refractivity contribution < 1.29 is 4.79 Å². The quantitative estimate of drug-likeness (QED) is 0.669. The molecule has 2 N–H and O–H groups in total. The van der Waals surface area contributed by atoms with Gasteiger partial charge in [0.1, 0.15) is 5.69 Å². The third-order valence-electron chi connectivity index (χ3n) is 4.19. The number of unbranched alkanes of at least 4 members (excludes halogenated alkanes) is 2. The van der Waals surface area contributed by atoms with Crippen molar-refractivity contribution in [2.24, 2.45) is 0 Å². The molecule has 2 rings (SSSR count). The van der Waals surface area contributed by atoms with E-state index < -0.39 is 0 Å². The number of rotatable bonds is 9. The smallest absolute Gasteiger partial charge is 0.270 e. The van der Waals surface area contributed by atoms with Gasteiger partial charge in [-0.1, -0.05) is 51.8 Å². The highest BCUT2D eigenvalue weighted by molar-refractivity contribution is 5.92. The van der Waals surface area contributed by atoms with Crippen LogP contribution in [0, 0.1) is 0 Å². The Morgan fingerprint density at radius 1 is 1.04 bits per heavy atom. The zero-order valence-electron chi connectivity index (χ0n) is 15.4. The van der Waals surface area contributed by atoms with Crippen LogP contribution in [0.2, 0.25) is 0 Å². The van der Waals surface area contributed by atoms with E-state index in [0.717, 1.165) is 37.8 Å². The van der Waals surface area contributed by atoms with Crippen molar-refractivity contribution in [3.8, 4) is 0 Å². The SMILES string of the molecule is CCCCCNC(=O)c1ccnc(Nc2c(CC)cccc2CC)n1. The van der Waals surface area contributed by atoms with E-state index >= 15 is 0 Å². The number of para-hydroxylation sites is 1. The lowest BCUT2D eigenvalue weighted by atomic mass is 10.0. The summed E-state index contributed by atoms with van der Waals surface area (Å²) in [6.45, 7) is 7.07. The summed E-state index contributed by atoms with van der Waals surface area (Å²) >= 11 is 0. The van der Waals surface area contributed by atoms with Crippen LogP contribution in [0.25, 0.3) is 0 Å². The summed E-state index contributed by atoms with van der Waals surface area (Å²) in [7, 11) is 0. The molecule has 0 aliphatic rings. The molecule has 134 valence electrons.